The number of hydrogen-bond donors (Lipinski definition) is 1. The van der Waals surface area contributed by atoms with Crippen LogP contribution in [0.5, 0.6) is 0 Å². The molecule has 1 N–H and O–H groups in total. The molecule has 0 aliphatic carbocycles. The Morgan fingerprint density at radius 1 is 1.25 bits per heavy atom. The van der Waals surface area contributed by atoms with Crippen LogP contribution in [-0.4, -0.2) is 34.8 Å². The van der Waals surface area contributed by atoms with Crippen molar-refractivity contribution in [2.45, 2.75) is 32.7 Å². The van der Waals surface area contributed by atoms with Gasteiger partial charge >= 0.3 is 5.97 Å². The second kappa shape index (κ2) is 8.29. The molecule has 24 heavy (non-hydrogen) atoms. The van der Waals surface area contributed by atoms with E-state index in [0.717, 1.165) is 11.3 Å². The van der Waals surface area contributed by atoms with Crippen LogP contribution in [0.3, 0.4) is 0 Å². The van der Waals surface area contributed by atoms with Crippen molar-refractivity contribution in [3.05, 3.63) is 48.3 Å². The van der Waals surface area contributed by atoms with Crippen molar-refractivity contribution in [2.75, 3.05) is 7.11 Å². The van der Waals surface area contributed by atoms with Crippen molar-refractivity contribution in [3.8, 4) is 5.69 Å². The number of carbonyl (C=O) groups excluding carboxylic acids is 2. The first-order valence-electron chi connectivity index (χ1n) is 7.95. The summed E-state index contributed by atoms with van der Waals surface area (Å²) in [5.74, 6) is -0.370. The Balaban J connectivity index is 1.99. The molecule has 128 valence electrons. The maximum atomic E-state index is 12.2. The number of methoxy groups -OCH3 is 1. The van der Waals surface area contributed by atoms with Gasteiger partial charge in [0.05, 0.1) is 25.4 Å². The van der Waals surface area contributed by atoms with E-state index < -0.39 is 12.0 Å². The summed E-state index contributed by atoms with van der Waals surface area (Å²) in [7, 11) is 1.33. The average Bonchev–Trinajstić information content (AvgIpc) is 3.02. The van der Waals surface area contributed by atoms with Gasteiger partial charge in [0, 0.05) is 6.20 Å². The van der Waals surface area contributed by atoms with Crippen LogP contribution in [0.1, 0.15) is 25.8 Å². The Morgan fingerprint density at radius 2 is 1.96 bits per heavy atom. The van der Waals surface area contributed by atoms with Gasteiger partial charge in [0.15, 0.2) is 0 Å². The molecular weight excluding hydrogens is 306 g/mol. The van der Waals surface area contributed by atoms with Crippen LogP contribution < -0.4 is 5.32 Å². The predicted octanol–water partition coefficient (Wildman–Crippen LogP) is 2.12. The molecule has 0 saturated heterocycles. The number of benzene rings is 1. The molecule has 0 radical (unpaired) electrons. The van der Waals surface area contributed by atoms with Gasteiger partial charge in [-0.05, 0) is 30.0 Å². The molecule has 0 aliphatic rings. The monoisotopic (exact) mass is 329 g/mol. The molecule has 0 fully saturated rings. The van der Waals surface area contributed by atoms with Crippen molar-refractivity contribution in [1.29, 1.82) is 0 Å². The molecule has 2 aromatic rings. The van der Waals surface area contributed by atoms with Crippen LogP contribution in [0, 0.1) is 5.92 Å². The first kappa shape index (κ1) is 17.7. The number of hydrogen-bond acceptors (Lipinski definition) is 4. The summed E-state index contributed by atoms with van der Waals surface area (Å²) in [5, 5.41) is 7.01. The highest BCUT2D eigenvalue weighted by atomic mass is 16.5. The Bertz CT molecular complexity index is 680. The molecule has 1 aromatic heterocycles. The predicted molar refractivity (Wildman–Crippen MR) is 90.7 cm³/mol. The fourth-order valence-electron chi connectivity index (χ4n) is 2.43. The highest BCUT2D eigenvalue weighted by Gasteiger charge is 2.22. The lowest BCUT2D eigenvalue weighted by Gasteiger charge is -2.18. The number of aromatic nitrogens is 2. The molecule has 6 nitrogen and oxygen atoms in total. The van der Waals surface area contributed by atoms with Gasteiger partial charge in [0.1, 0.15) is 6.04 Å². The summed E-state index contributed by atoms with van der Waals surface area (Å²) < 4.78 is 6.47. The lowest BCUT2D eigenvalue weighted by Crippen LogP contribution is -2.43. The minimum atomic E-state index is -0.619. The fourth-order valence-corrected chi connectivity index (χ4v) is 2.43. The van der Waals surface area contributed by atoms with E-state index in [-0.39, 0.29) is 18.2 Å². The van der Waals surface area contributed by atoms with E-state index in [2.05, 4.69) is 10.4 Å². The molecule has 1 aromatic carbocycles. The number of nitrogens with one attached hydrogen (secondary N) is 1. The van der Waals surface area contributed by atoms with E-state index in [1.165, 1.54) is 7.11 Å². The Kier molecular flexibility index (Phi) is 6.12. The van der Waals surface area contributed by atoms with Crippen molar-refractivity contribution >= 4 is 11.9 Å². The van der Waals surface area contributed by atoms with Crippen molar-refractivity contribution in [3.63, 3.8) is 0 Å². The summed E-state index contributed by atoms with van der Waals surface area (Å²) in [6.45, 7) is 3.98. The van der Waals surface area contributed by atoms with Crippen molar-refractivity contribution < 1.29 is 14.3 Å². The van der Waals surface area contributed by atoms with E-state index in [4.69, 9.17) is 4.74 Å². The molecular formula is C18H23N3O3. The standard InChI is InChI=1S/C18H23N3O3/c1-13(2)9-16(18(23)24-3)20-17(22)10-14-11-19-21(12-14)15-7-5-4-6-8-15/h4-8,11-13,16H,9-10H2,1-3H3,(H,20,22). The molecule has 0 spiro atoms. The van der Waals surface area contributed by atoms with Gasteiger partial charge in [-0.2, -0.15) is 5.10 Å². The molecule has 0 bridgehead atoms. The van der Waals surface area contributed by atoms with Crippen LogP contribution in [0.25, 0.3) is 5.69 Å². The van der Waals surface area contributed by atoms with Crippen LogP contribution in [-0.2, 0) is 20.7 Å². The average molecular weight is 329 g/mol. The van der Waals surface area contributed by atoms with Gasteiger partial charge in [0.2, 0.25) is 5.91 Å². The highest BCUT2D eigenvalue weighted by Crippen LogP contribution is 2.09. The summed E-state index contributed by atoms with van der Waals surface area (Å²) in [6.07, 6.45) is 4.17. The number of para-hydroxylation sites is 1. The smallest absolute Gasteiger partial charge is 0.328 e. The zero-order valence-corrected chi connectivity index (χ0v) is 14.2. The minimum Gasteiger partial charge on any atom is -0.467 e. The van der Waals surface area contributed by atoms with Crippen molar-refractivity contribution in [2.24, 2.45) is 5.92 Å². The zero-order valence-electron chi connectivity index (χ0n) is 14.2. The third kappa shape index (κ3) is 4.94. The summed E-state index contributed by atoms with van der Waals surface area (Å²) in [6, 6.07) is 9.04. The summed E-state index contributed by atoms with van der Waals surface area (Å²) in [5.41, 5.74) is 1.71. The van der Waals surface area contributed by atoms with Crippen LogP contribution in [0.4, 0.5) is 0 Å². The van der Waals surface area contributed by atoms with Gasteiger partial charge in [0.25, 0.3) is 0 Å². The maximum Gasteiger partial charge on any atom is 0.328 e. The highest BCUT2D eigenvalue weighted by molar-refractivity contribution is 5.85. The van der Waals surface area contributed by atoms with E-state index in [0.29, 0.717) is 6.42 Å². The number of esters is 1. The van der Waals surface area contributed by atoms with E-state index in [1.807, 2.05) is 50.4 Å². The topological polar surface area (TPSA) is 73.2 Å². The molecule has 1 atom stereocenters. The molecule has 1 heterocycles. The van der Waals surface area contributed by atoms with Crippen LogP contribution in [0.15, 0.2) is 42.7 Å². The summed E-state index contributed by atoms with van der Waals surface area (Å²) in [4.78, 5) is 24.0. The molecule has 0 saturated carbocycles. The van der Waals surface area contributed by atoms with Gasteiger partial charge < -0.3 is 10.1 Å². The normalized spacial score (nSPS) is 12.0. The molecule has 2 rings (SSSR count). The van der Waals surface area contributed by atoms with Crippen LogP contribution >= 0.6 is 0 Å². The van der Waals surface area contributed by atoms with Gasteiger partial charge in [-0.1, -0.05) is 32.0 Å². The second-order valence-electron chi connectivity index (χ2n) is 6.08. The molecule has 1 unspecified atom stereocenters. The fraction of sp³-hybridized carbons (Fsp3) is 0.389. The molecule has 1 amide bonds. The number of rotatable bonds is 7. The van der Waals surface area contributed by atoms with Crippen molar-refractivity contribution in [1.82, 2.24) is 15.1 Å². The largest absolute Gasteiger partial charge is 0.467 e. The number of amides is 1. The van der Waals surface area contributed by atoms with Gasteiger partial charge in [-0.15, -0.1) is 0 Å². The molecule has 0 aliphatic heterocycles. The zero-order chi connectivity index (χ0) is 17.5. The quantitative estimate of drug-likeness (QED) is 0.790. The minimum absolute atomic E-state index is 0.165. The number of carbonyl (C=O) groups is 2. The SMILES string of the molecule is COC(=O)C(CC(C)C)NC(=O)Cc1cnn(-c2ccccc2)c1. The lowest BCUT2D eigenvalue weighted by molar-refractivity contribution is -0.145. The maximum absolute atomic E-state index is 12.2. The third-order valence-corrected chi connectivity index (χ3v) is 3.55. The van der Waals surface area contributed by atoms with Gasteiger partial charge in [-0.25, -0.2) is 9.48 Å². The number of ether oxygens (including phenoxy) is 1. The third-order valence-electron chi connectivity index (χ3n) is 3.55. The number of nitrogens with zero attached hydrogens (tertiary/aromatic N) is 2. The van der Waals surface area contributed by atoms with E-state index in [1.54, 1.807) is 10.9 Å². The second-order valence-corrected chi connectivity index (χ2v) is 6.08. The Hall–Kier alpha value is -2.63. The Labute approximate surface area is 141 Å². The van der Waals surface area contributed by atoms with E-state index in [9.17, 15) is 9.59 Å². The first-order chi connectivity index (χ1) is 11.5. The Morgan fingerprint density at radius 3 is 2.58 bits per heavy atom. The van der Waals surface area contributed by atoms with E-state index >= 15 is 0 Å². The first-order valence-corrected chi connectivity index (χ1v) is 7.95. The lowest BCUT2D eigenvalue weighted by atomic mass is 10.0. The van der Waals surface area contributed by atoms with Gasteiger partial charge in [-0.3, -0.25) is 4.79 Å². The van der Waals surface area contributed by atoms with Crippen LogP contribution in [0.2, 0.25) is 0 Å². The summed E-state index contributed by atoms with van der Waals surface area (Å²) >= 11 is 0. The molecule has 6 heteroatoms.